The number of hydrogen-bond acceptors (Lipinski definition) is 2. The molecule has 2 nitrogen and oxygen atoms in total. The van der Waals surface area contributed by atoms with Gasteiger partial charge in [-0.1, -0.05) is 6.92 Å². The molecule has 0 aromatic heterocycles. The molecule has 0 unspecified atom stereocenters. The van der Waals surface area contributed by atoms with Crippen molar-refractivity contribution in [3.05, 3.63) is 23.8 Å². The zero-order chi connectivity index (χ0) is 11.1. The lowest BCUT2D eigenvalue weighted by atomic mass is 10.0. The van der Waals surface area contributed by atoms with E-state index in [1.807, 2.05) is 6.92 Å². The van der Waals surface area contributed by atoms with Crippen molar-refractivity contribution >= 4 is 5.69 Å². The fraction of sp³-hybridized carbons (Fsp3) is 0.400. The molecule has 0 bridgehead atoms. The Labute approximate surface area is 85.0 Å². The fourth-order valence-corrected chi connectivity index (χ4v) is 1.68. The van der Waals surface area contributed by atoms with Crippen LogP contribution in [0.15, 0.2) is 18.2 Å². The van der Waals surface area contributed by atoms with E-state index >= 15 is 0 Å². The molecule has 2 rings (SSSR count). The maximum Gasteiger partial charge on any atom is 0.573 e. The summed E-state index contributed by atoms with van der Waals surface area (Å²) in [4.78, 5) is 0. The molecular formula is C10H10F3NO. The van der Waals surface area contributed by atoms with Crippen molar-refractivity contribution in [2.45, 2.75) is 19.2 Å². The molecule has 82 valence electrons. The van der Waals surface area contributed by atoms with Gasteiger partial charge in [0.2, 0.25) is 0 Å². The topological polar surface area (TPSA) is 21.3 Å². The molecule has 1 heterocycles. The highest BCUT2D eigenvalue weighted by Crippen LogP contribution is 2.35. The highest BCUT2D eigenvalue weighted by atomic mass is 19.4. The van der Waals surface area contributed by atoms with E-state index in [4.69, 9.17) is 0 Å². The normalized spacial score (nSPS) is 19.6. The number of halogens is 3. The third kappa shape index (κ3) is 2.16. The van der Waals surface area contributed by atoms with Gasteiger partial charge in [-0.05, 0) is 23.8 Å². The third-order valence-corrected chi connectivity index (χ3v) is 2.39. The molecule has 1 atom stereocenters. The number of rotatable bonds is 1. The number of nitrogens with one attached hydrogen (secondary N) is 1. The SMILES string of the molecule is C[C@H]1CNc2ccc(OC(F)(F)F)cc21. The number of alkyl halides is 3. The predicted octanol–water partition coefficient (Wildman–Crippen LogP) is 3.11. The van der Waals surface area contributed by atoms with Gasteiger partial charge < -0.3 is 10.1 Å². The number of ether oxygens (including phenoxy) is 1. The quantitative estimate of drug-likeness (QED) is 0.780. The Balaban J connectivity index is 2.26. The Morgan fingerprint density at radius 1 is 1.40 bits per heavy atom. The van der Waals surface area contributed by atoms with Crippen LogP contribution in [0.2, 0.25) is 0 Å². The molecule has 5 heteroatoms. The molecule has 0 saturated heterocycles. The summed E-state index contributed by atoms with van der Waals surface area (Å²) in [7, 11) is 0. The van der Waals surface area contributed by atoms with Crippen molar-refractivity contribution in [3.63, 3.8) is 0 Å². The molecule has 1 aromatic rings. The average molecular weight is 217 g/mol. The number of fused-ring (bicyclic) bond motifs is 1. The van der Waals surface area contributed by atoms with E-state index in [1.165, 1.54) is 12.1 Å². The minimum atomic E-state index is -4.62. The zero-order valence-corrected chi connectivity index (χ0v) is 8.06. The van der Waals surface area contributed by atoms with Crippen LogP contribution in [0.4, 0.5) is 18.9 Å². The highest BCUT2D eigenvalue weighted by molar-refractivity contribution is 5.59. The van der Waals surface area contributed by atoms with Crippen LogP contribution in [0.25, 0.3) is 0 Å². The Bertz CT molecular complexity index is 375. The van der Waals surface area contributed by atoms with Crippen molar-refractivity contribution in [2.75, 3.05) is 11.9 Å². The Hall–Kier alpha value is -1.39. The van der Waals surface area contributed by atoms with Crippen molar-refractivity contribution in [1.29, 1.82) is 0 Å². The predicted molar refractivity (Wildman–Crippen MR) is 50.0 cm³/mol. The van der Waals surface area contributed by atoms with E-state index < -0.39 is 6.36 Å². The van der Waals surface area contributed by atoms with Crippen molar-refractivity contribution in [2.24, 2.45) is 0 Å². The second-order valence-electron chi connectivity index (χ2n) is 3.58. The van der Waals surface area contributed by atoms with Crippen LogP contribution in [-0.2, 0) is 0 Å². The second kappa shape index (κ2) is 3.32. The Morgan fingerprint density at radius 3 is 2.80 bits per heavy atom. The molecule has 0 amide bonds. The van der Waals surface area contributed by atoms with Crippen molar-refractivity contribution < 1.29 is 17.9 Å². The summed E-state index contributed by atoms with van der Waals surface area (Å²) in [5.74, 6) is 0.0635. The van der Waals surface area contributed by atoms with Gasteiger partial charge in [-0.15, -0.1) is 13.2 Å². The summed E-state index contributed by atoms with van der Waals surface area (Å²) in [5, 5.41) is 3.10. The van der Waals surface area contributed by atoms with Crippen LogP contribution in [0, 0.1) is 0 Å². The van der Waals surface area contributed by atoms with Crippen LogP contribution >= 0.6 is 0 Å². The number of anilines is 1. The first-order valence-electron chi connectivity index (χ1n) is 4.59. The largest absolute Gasteiger partial charge is 0.573 e. The molecule has 0 fully saturated rings. The summed E-state index contributed by atoms with van der Waals surface area (Å²) in [6.07, 6.45) is -4.62. The third-order valence-electron chi connectivity index (χ3n) is 2.39. The first-order chi connectivity index (χ1) is 6.96. The minimum Gasteiger partial charge on any atom is -0.406 e. The lowest BCUT2D eigenvalue weighted by Gasteiger charge is -2.10. The van der Waals surface area contributed by atoms with Gasteiger partial charge in [0, 0.05) is 18.2 Å². The van der Waals surface area contributed by atoms with Crippen molar-refractivity contribution in [1.82, 2.24) is 0 Å². The molecular weight excluding hydrogens is 207 g/mol. The molecule has 1 aliphatic heterocycles. The van der Waals surface area contributed by atoms with E-state index in [9.17, 15) is 13.2 Å². The average Bonchev–Trinajstić information content (AvgIpc) is 2.45. The van der Waals surface area contributed by atoms with Crippen LogP contribution < -0.4 is 10.1 Å². The summed E-state index contributed by atoms with van der Waals surface area (Å²) < 4.78 is 39.7. The van der Waals surface area contributed by atoms with Gasteiger partial charge in [-0.25, -0.2) is 0 Å². The van der Waals surface area contributed by atoms with Crippen molar-refractivity contribution in [3.8, 4) is 5.75 Å². The van der Waals surface area contributed by atoms with Crippen LogP contribution in [-0.4, -0.2) is 12.9 Å². The van der Waals surface area contributed by atoms with Gasteiger partial charge in [0.15, 0.2) is 0 Å². The van der Waals surface area contributed by atoms with E-state index in [2.05, 4.69) is 10.1 Å². The fourth-order valence-electron chi connectivity index (χ4n) is 1.68. The molecule has 0 aliphatic carbocycles. The van der Waals surface area contributed by atoms with Gasteiger partial charge in [-0.2, -0.15) is 0 Å². The molecule has 0 spiro atoms. The maximum atomic E-state index is 12.0. The molecule has 1 aromatic carbocycles. The summed E-state index contributed by atoms with van der Waals surface area (Å²) in [6, 6.07) is 4.37. The summed E-state index contributed by atoms with van der Waals surface area (Å²) in [5.41, 5.74) is 1.76. The minimum absolute atomic E-state index is 0.156. The Morgan fingerprint density at radius 2 is 2.13 bits per heavy atom. The molecule has 1 aliphatic rings. The summed E-state index contributed by atoms with van der Waals surface area (Å²) >= 11 is 0. The molecule has 0 radical (unpaired) electrons. The highest BCUT2D eigenvalue weighted by Gasteiger charge is 2.31. The molecule has 15 heavy (non-hydrogen) atoms. The number of hydrogen-bond donors (Lipinski definition) is 1. The smallest absolute Gasteiger partial charge is 0.406 e. The first kappa shape index (κ1) is 10.1. The van der Waals surface area contributed by atoms with Gasteiger partial charge in [0.25, 0.3) is 0 Å². The van der Waals surface area contributed by atoms with E-state index in [0.717, 1.165) is 17.8 Å². The van der Waals surface area contributed by atoms with Crippen LogP contribution in [0.3, 0.4) is 0 Å². The zero-order valence-electron chi connectivity index (χ0n) is 8.06. The lowest BCUT2D eigenvalue weighted by molar-refractivity contribution is -0.274. The maximum absolute atomic E-state index is 12.0. The lowest BCUT2D eigenvalue weighted by Crippen LogP contribution is -2.17. The van der Waals surface area contributed by atoms with Gasteiger partial charge in [0.05, 0.1) is 0 Å². The standard InChI is InChI=1S/C10H10F3NO/c1-6-5-14-9-3-2-7(4-8(6)9)15-10(11,12)13/h2-4,6,14H,5H2,1H3/t6-/m0/s1. The second-order valence-corrected chi connectivity index (χ2v) is 3.58. The van der Waals surface area contributed by atoms with Crippen LogP contribution in [0.1, 0.15) is 18.4 Å². The monoisotopic (exact) mass is 217 g/mol. The summed E-state index contributed by atoms with van der Waals surface area (Å²) in [6.45, 7) is 2.71. The van der Waals surface area contributed by atoms with E-state index in [0.29, 0.717) is 0 Å². The van der Waals surface area contributed by atoms with Gasteiger partial charge in [0.1, 0.15) is 5.75 Å². The number of benzene rings is 1. The molecule has 0 saturated carbocycles. The van der Waals surface area contributed by atoms with Gasteiger partial charge in [-0.3, -0.25) is 0 Å². The molecule has 1 N–H and O–H groups in total. The first-order valence-corrected chi connectivity index (χ1v) is 4.59. The van der Waals surface area contributed by atoms with E-state index in [-0.39, 0.29) is 11.7 Å². The van der Waals surface area contributed by atoms with Gasteiger partial charge >= 0.3 is 6.36 Å². The van der Waals surface area contributed by atoms with Crippen LogP contribution in [0.5, 0.6) is 5.75 Å². The van der Waals surface area contributed by atoms with E-state index in [1.54, 1.807) is 6.07 Å². The Kier molecular flexibility index (Phi) is 2.25.